The van der Waals surface area contributed by atoms with E-state index in [4.69, 9.17) is 0 Å². The maximum absolute atomic E-state index is 12.2. The Labute approximate surface area is 131 Å². The summed E-state index contributed by atoms with van der Waals surface area (Å²) in [6.45, 7) is 5.51. The highest BCUT2D eigenvalue weighted by atomic mass is 19.4. The lowest BCUT2D eigenvalue weighted by atomic mass is 10.3. The number of anilines is 1. The Kier molecular flexibility index (Phi) is 4.16. The Morgan fingerprint density at radius 1 is 1.13 bits per heavy atom. The zero-order valence-corrected chi connectivity index (χ0v) is 12.6. The van der Waals surface area contributed by atoms with Gasteiger partial charge in [-0.3, -0.25) is 0 Å². The molecular weight excluding hydrogens is 309 g/mol. The maximum Gasteiger partial charge on any atom is 0.573 e. The molecule has 0 saturated carbocycles. The highest BCUT2D eigenvalue weighted by molar-refractivity contribution is 5.45. The molecule has 0 atom stereocenters. The normalized spacial score (nSPS) is 15.7. The average molecular weight is 326 g/mol. The van der Waals surface area contributed by atoms with Gasteiger partial charge >= 0.3 is 6.36 Å². The number of hydrogen-bond acceptors (Lipinski definition) is 4. The molecule has 3 rings (SSSR count). The van der Waals surface area contributed by atoms with Crippen molar-refractivity contribution in [2.45, 2.75) is 13.3 Å². The molecule has 8 heteroatoms. The predicted octanol–water partition coefficient (Wildman–Crippen LogP) is 2.49. The van der Waals surface area contributed by atoms with E-state index in [2.05, 4.69) is 20.1 Å². The first-order valence-corrected chi connectivity index (χ1v) is 7.31. The molecule has 0 unspecified atom stereocenters. The van der Waals surface area contributed by atoms with Gasteiger partial charge in [0, 0.05) is 37.9 Å². The van der Waals surface area contributed by atoms with Crippen LogP contribution in [0.4, 0.5) is 19.0 Å². The quantitative estimate of drug-likeness (QED) is 0.941. The fourth-order valence-corrected chi connectivity index (χ4v) is 2.56. The van der Waals surface area contributed by atoms with Crippen LogP contribution in [0, 0.1) is 6.92 Å². The van der Waals surface area contributed by atoms with Crippen LogP contribution in [0.2, 0.25) is 0 Å². The van der Waals surface area contributed by atoms with E-state index in [1.54, 1.807) is 16.8 Å². The summed E-state index contributed by atoms with van der Waals surface area (Å²) in [5.41, 5.74) is 1.61. The molecule has 1 aromatic heterocycles. The van der Waals surface area contributed by atoms with Crippen LogP contribution in [0.5, 0.6) is 5.75 Å². The van der Waals surface area contributed by atoms with Crippen LogP contribution in [-0.2, 0) is 0 Å². The summed E-state index contributed by atoms with van der Waals surface area (Å²) in [6.07, 6.45) is -4.68. The van der Waals surface area contributed by atoms with Gasteiger partial charge in [-0.25, -0.2) is 4.68 Å². The summed E-state index contributed by atoms with van der Waals surface area (Å²) in [6, 6.07) is 7.67. The van der Waals surface area contributed by atoms with E-state index in [1.165, 1.54) is 12.1 Å². The van der Waals surface area contributed by atoms with Gasteiger partial charge in [-0.05, 0) is 31.2 Å². The minimum atomic E-state index is -4.68. The number of rotatable bonds is 3. The average Bonchev–Trinajstić information content (AvgIpc) is 2.89. The molecule has 0 spiro atoms. The number of nitrogens with one attached hydrogen (secondary N) is 1. The molecular formula is C15H17F3N4O. The van der Waals surface area contributed by atoms with Gasteiger partial charge in [0.1, 0.15) is 5.75 Å². The standard InChI is InChI=1S/C15H17F3N4O/c1-11-10-14(21-8-6-19-7-9-21)20-22(11)12-2-4-13(5-3-12)23-15(16,17)18/h2-5,10,19H,6-9H2,1H3. The van der Waals surface area contributed by atoms with Crippen LogP contribution in [0.3, 0.4) is 0 Å². The van der Waals surface area contributed by atoms with Crippen molar-refractivity contribution in [2.24, 2.45) is 0 Å². The molecule has 0 aliphatic carbocycles. The molecule has 5 nitrogen and oxygen atoms in total. The number of aromatic nitrogens is 2. The third kappa shape index (κ3) is 3.76. The van der Waals surface area contributed by atoms with Gasteiger partial charge in [-0.15, -0.1) is 13.2 Å². The minimum Gasteiger partial charge on any atom is -0.406 e. The van der Waals surface area contributed by atoms with Crippen LogP contribution in [0.1, 0.15) is 5.69 Å². The zero-order valence-electron chi connectivity index (χ0n) is 12.6. The van der Waals surface area contributed by atoms with Crippen molar-refractivity contribution in [3.05, 3.63) is 36.0 Å². The molecule has 0 amide bonds. The molecule has 0 radical (unpaired) electrons. The summed E-state index contributed by atoms with van der Waals surface area (Å²) >= 11 is 0. The number of benzene rings is 1. The second-order valence-electron chi connectivity index (χ2n) is 5.33. The van der Waals surface area contributed by atoms with E-state index < -0.39 is 6.36 Å². The van der Waals surface area contributed by atoms with Gasteiger partial charge in [0.05, 0.1) is 5.69 Å². The molecule has 1 aromatic carbocycles. The fraction of sp³-hybridized carbons (Fsp3) is 0.400. The summed E-state index contributed by atoms with van der Waals surface area (Å²) in [5.74, 6) is 0.632. The van der Waals surface area contributed by atoms with Gasteiger partial charge in [-0.2, -0.15) is 5.10 Å². The van der Waals surface area contributed by atoms with Crippen LogP contribution in [-0.4, -0.2) is 42.3 Å². The summed E-state index contributed by atoms with van der Waals surface area (Å²) in [4.78, 5) is 2.18. The van der Waals surface area contributed by atoms with E-state index in [0.29, 0.717) is 5.69 Å². The number of halogens is 3. The largest absolute Gasteiger partial charge is 0.573 e. The van der Waals surface area contributed by atoms with E-state index in [1.807, 2.05) is 13.0 Å². The molecule has 2 heterocycles. The third-order valence-electron chi connectivity index (χ3n) is 3.63. The second-order valence-corrected chi connectivity index (χ2v) is 5.33. The minimum absolute atomic E-state index is 0.242. The van der Waals surface area contributed by atoms with Crippen molar-refractivity contribution >= 4 is 5.82 Å². The monoisotopic (exact) mass is 326 g/mol. The lowest BCUT2D eigenvalue weighted by Crippen LogP contribution is -2.43. The third-order valence-corrected chi connectivity index (χ3v) is 3.63. The Bertz CT molecular complexity index is 660. The van der Waals surface area contributed by atoms with Crippen LogP contribution >= 0.6 is 0 Å². The van der Waals surface area contributed by atoms with Crippen molar-refractivity contribution in [2.75, 3.05) is 31.1 Å². The van der Waals surface area contributed by atoms with Crippen molar-refractivity contribution in [3.8, 4) is 11.4 Å². The number of aryl methyl sites for hydroxylation is 1. The predicted molar refractivity (Wildman–Crippen MR) is 80.1 cm³/mol. The number of nitrogens with zero attached hydrogens (tertiary/aromatic N) is 3. The highest BCUT2D eigenvalue weighted by Crippen LogP contribution is 2.25. The number of hydrogen-bond donors (Lipinski definition) is 1. The summed E-state index contributed by atoms with van der Waals surface area (Å²) < 4.78 is 42.2. The van der Waals surface area contributed by atoms with Gasteiger partial charge in [0.25, 0.3) is 0 Å². The molecule has 23 heavy (non-hydrogen) atoms. The molecule has 1 fully saturated rings. The lowest BCUT2D eigenvalue weighted by Gasteiger charge is -2.27. The van der Waals surface area contributed by atoms with Gasteiger partial charge in [0.2, 0.25) is 0 Å². The molecule has 1 saturated heterocycles. The first kappa shape index (κ1) is 15.7. The Balaban J connectivity index is 1.80. The smallest absolute Gasteiger partial charge is 0.406 e. The molecule has 1 N–H and O–H groups in total. The molecule has 1 aliphatic rings. The van der Waals surface area contributed by atoms with Crippen LogP contribution in [0.15, 0.2) is 30.3 Å². The Morgan fingerprint density at radius 2 is 1.78 bits per heavy atom. The first-order chi connectivity index (χ1) is 10.9. The Hall–Kier alpha value is -2.22. The second kappa shape index (κ2) is 6.11. The molecule has 124 valence electrons. The fourth-order valence-electron chi connectivity index (χ4n) is 2.56. The molecule has 1 aliphatic heterocycles. The van der Waals surface area contributed by atoms with Crippen molar-refractivity contribution in [1.29, 1.82) is 0 Å². The molecule has 0 bridgehead atoms. The molecule has 2 aromatic rings. The van der Waals surface area contributed by atoms with E-state index in [0.717, 1.165) is 37.7 Å². The van der Waals surface area contributed by atoms with E-state index >= 15 is 0 Å². The van der Waals surface area contributed by atoms with Gasteiger partial charge < -0.3 is 15.0 Å². The van der Waals surface area contributed by atoms with Crippen LogP contribution < -0.4 is 15.0 Å². The van der Waals surface area contributed by atoms with Gasteiger partial charge in [-0.1, -0.05) is 0 Å². The SMILES string of the molecule is Cc1cc(N2CCNCC2)nn1-c1ccc(OC(F)(F)F)cc1. The topological polar surface area (TPSA) is 42.3 Å². The van der Waals surface area contributed by atoms with Crippen LogP contribution in [0.25, 0.3) is 5.69 Å². The van der Waals surface area contributed by atoms with Crippen molar-refractivity contribution < 1.29 is 17.9 Å². The van der Waals surface area contributed by atoms with E-state index in [9.17, 15) is 13.2 Å². The first-order valence-electron chi connectivity index (χ1n) is 7.31. The lowest BCUT2D eigenvalue weighted by molar-refractivity contribution is -0.274. The maximum atomic E-state index is 12.2. The number of ether oxygens (including phenoxy) is 1. The number of piperazine rings is 1. The Morgan fingerprint density at radius 3 is 2.39 bits per heavy atom. The number of alkyl halides is 3. The van der Waals surface area contributed by atoms with Gasteiger partial charge in [0.15, 0.2) is 5.82 Å². The van der Waals surface area contributed by atoms with E-state index in [-0.39, 0.29) is 5.75 Å². The van der Waals surface area contributed by atoms with Crippen molar-refractivity contribution in [1.82, 2.24) is 15.1 Å². The van der Waals surface area contributed by atoms with Crippen molar-refractivity contribution in [3.63, 3.8) is 0 Å². The summed E-state index contributed by atoms with van der Waals surface area (Å²) in [7, 11) is 0. The zero-order chi connectivity index (χ0) is 16.4. The highest BCUT2D eigenvalue weighted by Gasteiger charge is 2.31. The summed E-state index contributed by atoms with van der Waals surface area (Å²) in [5, 5.41) is 7.84.